The summed E-state index contributed by atoms with van der Waals surface area (Å²) in [6, 6.07) is 7.79. The zero-order chi connectivity index (χ0) is 23.4. The first kappa shape index (κ1) is 22.7. The van der Waals surface area contributed by atoms with Gasteiger partial charge in [0.05, 0.1) is 35.8 Å². The quantitative estimate of drug-likeness (QED) is 0.382. The Morgan fingerprint density at radius 1 is 1.21 bits per heavy atom. The highest BCUT2D eigenvalue weighted by atomic mass is 16.6. The number of aromatic nitrogens is 1. The number of amides is 1. The standard InChI is InChI=1S/C22H26N4O7/c1-15-4-7-19(32-15)18(24-9-11-31-12-10-24)14-23-21(27)3-2-8-25-17-6-5-16(26(29)30)13-20(17)33-22(25)28/h4-7,13,18H,2-3,8-12,14H2,1H3,(H,23,27). The highest BCUT2D eigenvalue weighted by Gasteiger charge is 2.25. The highest BCUT2D eigenvalue weighted by Crippen LogP contribution is 2.24. The highest BCUT2D eigenvalue weighted by molar-refractivity contribution is 5.76. The predicted molar refractivity (Wildman–Crippen MR) is 118 cm³/mol. The van der Waals surface area contributed by atoms with Crippen molar-refractivity contribution in [2.45, 2.75) is 32.4 Å². The number of hydrogen-bond donors (Lipinski definition) is 1. The van der Waals surface area contributed by atoms with Gasteiger partial charge in [-0.3, -0.25) is 24.4 Å². The molecule has 4 rings (SSSR count). The Balaban J connectivity index is 1.33. The molecule has 1 aliphatic rings. The number of furan rings is 1. The summed E-state index contributed by atoms with van der Waals surface area (Å²) in [6.07, 6.45) is 0.637. The van der Waals surface area contributed by atoms with E-state index in [1.807, 2.05) is 19.1 Å². The Morgan fingerprint density at radius 2 is 2.00 bits per heavy atom. The molecular formula is C22H26N4O7. The van der Waals surface area contributed by atoms with Gasteiger partial charge >= 0.3 is 5.76 Å². The summed E-state index contributed by atoms with van der Waals surface area (Å²) in [5, 5.41) is 13.9. The van der Waals surface area contributed by atoms with Gasteiger partial charge in [-0.15, -0.1) is 0 Å². The van der Waals surface area contributed by atoms with Crippen molar-refractivity contribution in [3.8, 4) is 0 Å². The second-order valence-corrected chi connectivity index (χ2v) is 7.95. The number of nitrogens with one attached hydrogen (secondary N) is 1. The molecule has 1 atom stereocenters. The molecule has 3 heterocycles. The molecular weight excluding hydrogens is 432 g/mol. The number of morpholine rings is 1. The van der Waals surface area contributed by atoms with E-state index in [1.165, 1.54) is 22.8 Å². The molecule has 0 spiro atoms. The summed E-state index contributed by atoms with van der Waals surface area (Å²) < 4.78 is 17.8. The van der Waals surface area contributed by atoms with Crippen LogP contribution in [0.25, 0.3) is 11.1 Å². The second-order valence-electron chi connectivity index (χ2n) is 7.95. The smallest absolute Gasteiger partial charge is 0.419 e. The van der Waals surface area contributed by atoms with Crippen LogP contribution in [0.2, 0.25) is 0 Å². The summed E-state index contributed by atoms with van der Waals surface area (Å²) in [5.74, 6) is 0.886. The van der Waals surface area contributed by atoms with Crippen LogP contribution in [-0.2, 0) is 16.1 Å². The Labute approximate surface area is 189 Å². The van der Waals surface area contributed by atoms with Gasteiger partial charge in [0, 0.05) is 38.7 Å². The van der Waals surface area contributed by atoms with Crippen LogP contribution in [0.5, 0.6) is 0 Å². The molecule has 3 aromatic rings. The lowest BCUT2D eigenvalue weighted by Gasteiger charge is -2.33. The van der Waals surface area contributed by atoms with Crippen LogP contribution in [0.1, 0.15) is 30.4 Å². The van der Waals surface area contributed by atoms with Crippen LogP contribution in [0.3, 0.4) is 0 Å². The SMILES string of the molecule is Cc1ccc(C(CNC(=O)CCCn2c(=O)oc3cc([N+](=O)[O-])ccc32)N2CCOCC2)o1. The fourth-order valence-electron chi connectivity index (χ4n) is 4.01. The van der Waals surface area contributed by atoms with Crippen molar-refractivity contribution in [1.29, 1.82) is 0 Å². The van der Waals surface area contributed by atoms with Gasteiger partial charge in [-0.1, -0.05) is 0 Å². The number of carbonyl (C=O) groups is 1. The number of fused-ring (bicyclic) bond motifs is 1. The number of non-ortho nitro benzene ring substituents is 1. The first-order valence-corrected chi connectivity index (χ1v) is 10.8. The van der Waals surface area contributed by atoms with Gasteiger partial charge in [0.2, 0.25) is 5.91 Å². The molecule has 1 unspecified atom stereocenters. The summed E-state index contributed by atoms with van der Waals surface area (Å²) in [7, 11) is 0. The summed E-state index contributed by atoms with van der Waals surface area (Å²) in [5.41, 5.74) is 0.469. The lowest BCUT2D eigenvalue weighted by molar-refractivity contribution is -0.384. The second kappa shape index (κ2) is 10.0. The van der Waals surface area contributed by atoms with Gasteiger partial charge in [0.15, 0.2) is 5.58 Å². The van der Waals surface area contributed by atoms with Gasteiger partial charge in [0.25, 0.3) is 5.69 Å². The van der Waals surface area contributed by atoms with Gasteiger partial charge in [-0.2, -0.15) is 0 Å². The number of rotatable bonds is 9. The van der Waals surface area contributed by atoms with Crippen LogP contribution in [0, 0.1) is 17.0 Å². The maximum atomic E-state index is 12.5. The molecule has 0 saturated carbocycles. The minimum absolute atomic E-state index is 0.0808. The van der Waals surface area contributed by atoms with Crippen molar-refractivity contribution in [1.82, 2.24) is 14.8 Å². The molecule has 1 fully saturated rings. The number of benzene rings is 1. The number of aryl methyl sites for hydroxylation is 2. The fourth-order valence-corrected chi connectivity index (χ4v) is 4.01. The van der Waals surface area contributed by atoms with E-state index in [0.29, 0.717) is 31.7 Å². The van der Waals surface area contributed by atoms with Crippen molar-refractivity contribution in [3.05, 3.63) is 62.5 Å². The normalized spacial score (nSPS) is 15.5. The van der Waals surface area contributed by atoms with Crippen molar-refractivity contribution < 1.29 is 23.3 Å². The predicted octanol–water partition coefficient (Wildman–Crippen LogP) is 2.37. The molecule has 11 nitrogen and oxygen atoms in total. The number of nitro groups is 1. The fraction of sp³-hybridized carbons (Fsp3) is 0.455. The molecule has 176 valence electrons. The first-order valence-electron chi connectivity index (χ1n) is 10.8. The van der Waals surface area contributed by atoms with Crippen LogP contribution in [-0.4, -0.2) is 53.1 Å². The van der Waals surface area contributed by atoms with E-state index in [4.69, 9.17) is 13.6 Å². The van der Waals surface area contributed by atoms with E-state index in [9.17, 15) is 19.7 Å². The average molecular weight is 458 g/mol. The molecule has 0 aliphatic carbocycles. The number of ether oxygens (including phenoxy) is 1. The van der Waals surface area contributed by atoms with Crippen molar-refractivity contribution in [3.63, 3.8) is 0 Å². The summed E-state index contributed by atoms with van der Waals surface area (Å²) in [6.45, 7) is 5.36. The van der Waals surface area contributed by atoms with Crippen LogP contribution >= 0.6 is 0 Å². The first-order chi connectivity index (χ1) is 15.9. The largest absolute Gasteiger partial charge is 0.465 e. The molecule has 0 bridgehead atoms. The van der Waals surface area contributed by atoms with E-state index in [2.05, 4.69) is 10.2 Å². The molecule has 1 aromatic carbocycles. The number of carbonyl (C=O) groups excluding carboxylic acids is 1. The maximum Gasteiger partial charge on any atom is 0.419 e. The zero-order valence-corrected chi connectivity index (χ0v) is 18.3. The third-order valence-electron chi connectivity index (χ3n) is 5.72. The molecule has 33 heavy (non-hydrogen) atoms. The van der Waals surface area contributed by atoms with Gasteiger partial charge < -0.3 is 18.9 Å². The van der Waals surface area contributed by atoms with E-state index in [0.717, 1.165) is 24.6 Å². The Morgan fingerprint density at radius 3 is 2.70 bits per heavy atom. The van der Waals surface area contributed by atoms with Gasteiger partial charge in [-0.05, 0) is 31.5 Å². The average Bonchev–Trinajstić information content (AvgIpc) is 3.36. The van der Waals surface area contributed by atoms with Crippen molar-refractivity contribution in [2.24, 2.45) is 0 Å². The van der Waals surface area contributed by atoms with E-state index < -0.39 is 10.7 Å². The minimum atomic E-state index is -0.605. The molecule has 1 aliphatic heterocycles. The number of nitrogens with zero attached hydrogens (tertiary/aromatic N) is 3. The third kappa shape index (κ3) is 5.32. The van der Waals surface area contributed by atoms with Gasteiger partial charge in [0.1, 0.15) is 11.5 Å². The van der Waals surface area contributed by atoms with E-state index in [1.54, 1.807) is 0 Å². The molecule has 0 radical (unpaired) electrons. The molecule has 1 N–H and O–H groups in total. The van der Waals surface area contributed by atoms with Gasteiger partial charge in [-0.25, -0.2) is 4.79 Å². The Hall–Kier alpha value is -3.44. The van der Waals surface area contributed by atoms with Crippen LogP contribution < -0.4 is 11.1 Å². The topological polar surface area (TPSA) is 133 Å². The van der Waals surface area contributed by atoms with Crippen LogP contribution in [0.15, 0.2) is 44.0 Å². The molecule has 1 amide bonds. The molecule has 11 heteroatoms. The number of nitro benzene ring substituents is 1. The Bertz CT molecular complexity index is 1190. The van der Waals surface area contributed by atoms with E-state index in [-0.39, 0.29) is 36.2 Å². The summed E-state index contributed by atoms with van der Waals surface area (Å²) >= 11 is 0. The van der Waals surface area contributed by atoms with E-state index >= 15 is 0 Å². The Kier molecular flexibility index (Phi) is 6.90. The molecule has 2 aromatic heterocycles. The van der Waals surface area contributed by atoms with Crippen molar-refractivity contribution >= 4 is 22.7 Å². The number of oxazole rings is 1. The third-order valence-corrected chi connectivity index (χ3v) is 5.72. The lowest BCUT2D eigenvalue weighted by atomic mass is 10.1. The molecule has 1 saturated heterocycles. The van der Waals surface area contributed by atoms with Crippen LogP contribution in [0.4, 0.5) is 5.69 Å². The summed E-state index contributed by atoms with van der Waals surface area (Å²) in [4.78, 5) is 37.2. The minimum Gasteiger partial charge on any atom is -0.465 e. The van der Waals surface area contributed by atoms with Crippen molar-refractivity contribution in [2.75, 3.05) is 32.8 Å². The monoisotopic (exact) mass is 458 g/mol. The maximum absolute atomic E-state index is 12.5. The number of hydrogen-bond acceptors (Lipinski definition) is 8. The zero-order valence-electron chi connectivity index (χ0n) is 18.3. The lowest BCUT2D eigenvalue weighted by Crippen LogP contribution is -2.43.